The molecule has 2 heterocycles. The van der Waals surface area contributed by atoms with Crippen LogP contribution in [0.5, 0.6) is 5.88 Å². The molecule has 2 rings (SSSR count). The molecule has 0 aliphatic heterocycles. The Hall–Kier alpha value is -2.70. The highest BCUT2D eigenvalue weighted by molar-refractivity contribution is 5.81. The summed E-state index contributed by atoms with van der Waals surface area (Å²) in [6.45, 7) is 7.74. The SMILES string of the molecule is CCCN(CCC)C(=O)CNc1nc(-c2ccncc2)nc(OC)c1C. The number of ether oxygens (including phenoxy) is 1. The third kappa shape index (κ3) is 4.91. The highest BCUT2D eigenvalue weighted by Crippen LogP contribution is 2.26. The van der Waals surface area contributed by atoms with E-state index in [0.29, 0.717) is 17.5 Å². The summed E-state index contributed by atoms with van der Waals surface area (Å²) >= 11 is 0. The van der Waals surface area contributed by atoms with Crippen LogP contribution >= 0.6 is 0 Å². The molecule has 0 saturated carbocycles. The van der Waals surface area contributed by atoms with Crippen LogP contribution < -0.4 is 10.1 Å². The highest BCUT2D eigenvalue weighted by Gasteiger charge is 2.16. The largest absolute Gasteiger partial charge is 0.481 e. The van der Waals surface area contributed by atoms with Crippen LogP contribution in [0.4, 0.5) is 5.82 Å². The van der Waals surface area contributed by atoms with Gasteiger partial charge in [-0.3, -0.25) is 9.78 Å². The molecule has 2 aromatic heterocycles. The van der Waals surface area contributed by atoms with Crippen LogP contribution in [-0.2, 0) is 4.79 Å². The second-order valence-electron chi connectivity index (χ2n) is 6.00. The number of aromatic nitrogens is 3. The fourth-order valence-corrected chi connectivity index (χ4v) is 2.67. The van der Waals surface area contributed by atoms with E-state index in [-0.39, 0.29) is 12.5 Å². The second-order valence-corrected chi connectivity index (χ2v) is 6.00. The van der Waals surface area contributed by atoms with E-state index >= 15 is 0 Å². The smallest absolute Gasteiger partial charge is 0.241 e. The summed E-state index contributed by atoms with van der Waals surface area (Å²) in [5, 5.41) is 3.16. The molecule has 0 aliphatic rings. The molecule has 0 atom stereocenters. The molecule has 0 bridgehead atoms. The average molecular weight is 357 g/mol. The monoisotopic (exact) mass is 357 g/mol. The summed E-state index contributed by atoms with van der Waals surface area (Å²) in [4.78, 5) is 27.4. The summed E-state index contributed by atoms with van der Waals surface area (Å²) in [6, 6.07) is 3.67. The molecule has 0 fully saturated rings. The lowest BCUT2D eigenvalue weighted by atomic mass is 10.2. The summed E-state index contributed by atoms with van der Waals surface area (Å²) < 4.78 is 5.38. The molecule has 0 aromatic carbocycles. The van der Waals surface area contributed by atoms with Gasteiger partial charge in [0.15, 0.2) is 5.82 Å². The Balaban J connectivity index is 2.21. The predicted molar refractivity (Wildman–Crippen MR) is 102 cm³/mol. The maximum absolute atomic E-state index is 12.5. The van der Waals surface area contributed by atoms with Crippen molar-refractivity contribution in [3.05, 3.63) is 30.1 Å². The number of hydrogen-bond donors (Lipinski definition) is 1. The quantitative estimate of drug-likeness (QED) is 0.743. The molecule has 140 valence electrons. The Labute approximate surface area is 154 Å². The molecule has 0 unspecified atom stereocenters. The first-order chi connectivity index (χ1) is 12.6. The van der Waals surface area contributed by atoms with Crippen molar-refractivity contribution in [3.63, 3.8) is 0 Å². The lowest BCUT2D eigenvalue weighted by molar-refractivity contribution is -0.129. The van der Waals surface area contributed by atoms with Crippen molar-refractivity contribution in [3.8, 4) is 17.3 Å². The Morgan fingerprint density at radius 1 is 1.15 bits per heavy atom. The number of rotatable bonds is 9. The van der Waals surface area contributed by atoms with Crippen LogP contribution in [0.25, 0.3) is 11.4 Å². The Bertz CT molecular complexity index is 715. The van der Waals surface area contributed by atoms with Gasteiger partial charge >= 0.3 is 0 Å². The van der Waals surface area contributed by atoms with Crippen molar-refractivity contribution in [1.29, 1.82) is 0 Å². The predicted octanol–water partition coefficient (Wildman–Crippen LogP) is 2.92. The number of carbonyl (C=O) groups is 1. The standard InChI is InChI=1S/C19H27N5O2/c1-5-11-24(12-6-2)16(25)13-21-17-14(3)19(26-4)23-18(22-17)15-7-9-20-10-8-15/h7-10H,5-6,11-13H2,1-4H3,(H,21,22,23). The zero-order valence-electron chi connectivity index (χ0n) is 16.0. The van der Waals surface area contributed by atoms with Crippen molar-refractivity contribution < 1.29 is 9.53 Å². The van der Waals surface area contributed by atoms with Crippen molar-refractivity contribution in [2.45, 2.75) is 33.6 Å². The number of anilines is 1. The van der Waals surface area contributed by atoms with Gasteiger partial charge in [-0.1, -0.05) is 13.8 Å². The molecule has 0 spiro atoms. The van der Waals surface area contributed by atoms with Crippen LogP contribution in [0, 0.1) is 6.92 Å². The molecule has 2 aromatic rings. The van der Waals surface area contributed by atoms with Gasteiger partial charge in [-0.05, 0) is 31.9 Å². The van der Waals surface area contributed by atoms with Gasteiger partial charge in [0, 0.05) is 31.0 Å². The van der Waals surface area contributed by atoms with Crippen LogP contribution in [0.1, 0.15) is 32.3 Å². The van der Waals surface area contributed by atoms with Gasteiger partial charge in [-0.15, -0.1) is 0 Å². The molecule has 26 heavy (non-hydrogen) atoms. The van der Waals surface area contributed by atoms with Gasteiger partial charge in [0.05, 0.1) is 19.2 Å². The zero-order valence-corrected chi connectivity index (χ0v) is 16.0. The maximum atomic E-state index is 12.5. The molecule has 1 N–H and O–H groups in total. The summed E-state index contributed by atoms with van der Waals surface area (Å²) in [6.07, 6.45) is 5.26. The van der Waals surface area contributed by atoms with E-state index in [4.69, 9.17) is 4.74 Å². The minimum Gasteiger partial charge on any atom is -0.481 e. The first kappa shape index (κ1) is 19.6. The summed E-state index contributed by atoms with van der Waals surface area (Å²) in [5.41, 5.74) is 1.61. The second kappa shape index (κ2) is 9.70. The fraction of sp³-hybridized carbons (Fsp3) is 0.474. The van der Waals surface area contributed by atoms with Gasteiger partial charge in [0.25, 0.3) is 0 Å². The van der Waals surface area contributed by atoms with Gasteiger partial charge in [-0.25, -0.2) is 4.98 Å². The Morgan fingerprint density at radius 2 is 1.81 bits per heavy atom. The first-order valence-corrected chi connectivity index (χ1v) is 8.95. The van der Waals surface area contributed by atoms with E-state index in [1.807, 2.05) is 24.0 Å². The van der Waals surface area contributed by atoms with Gasteiger partial charge < -0.3 is 15.0 Å². The lowest BCUT2D eigenvalue weighted by Crippen LogP contribution is -2.36. The Kier molecular flexibility index (Phi) is 7.32. The van der Waals surface area contributed by atoms with Crippen LogP contribution in [0.3, 0.4) is 0 Å². The number of methoxy groups -OCH3 is 1. The molecular formula is C19H27N5O2. The number of nitrogens with one attached hydrogen (secondary N) is 1. The van der Waals surface area contributed by atoms with Crippen molar-refractivity contribution >= 4 is 11.7 Å². The summed E-state index contributed by atoms with van der Waals surface area (Å²) in [5.74, 6) is 1.69. The van der Waals surface area contributed by atoms with E-state index in [9.17, 15) is 4.79 Å². The number of carbonyl (C=O) groups excluding carboxylic acids is 1. The van der Waals surface area contributed by atoms with Crippen LogP contribution in [0.2, 0.25) is 0 Å². The Morgan fingerprint density at radius 3 is 2.38 bits per heavy atom. The number of amides is 1. The summed E-state index contributed by atoms with van der Waals surface area (Å²) in [7, 11) is 1.57. The van der Waals surface area contributed by atoms with E-state index in [0.717, 1.165) is 37.1 Å². The third-order valence-electron chi connectivity index (χ3n) is 3.98. The van der Waals surface area contributed by atoms with Gasteiger partial charge in [0.1, 0.15) is 5.82 Å². The van der Waals surface area contributed by atoms with E-state index in [2.05, 4.69) is 34.1 Å². The third-order valence-corrected chi connectivity index (χ3v) is 3.98. The molecule has 1 amide bonds. The highest BCUT2D eigenvalue weighted by atomic mass is 16.5. The molecule has 0 saturated heterocycles. The molecule has 7 nitrogen and oxygen atoms in total. The lowest BCUT2D eigenvalue weighted by Gasteiger charge is -2.22. The topological polar surface area (TPSA) is 80.2 Å². The minimum absolute atomic E-state index is 0.0659. The number of pyridine rings is 1. The molecular weight excluding hydrogens is 330 g/mol. The number of hydrogen-bond acceptors (Lipinski definition) is 6. The van der Waals surface area contributed by atoms with E-state index in [1.165, 1.54) is 0 Å². The maximum Gasteiger partial charge on any atom is 0.241 e. The minimum atomic E-state index is 0.0659. The van der Waals surface area contributed by atoms with Gasteiger partial charge in [-0.2, -0.15) is 4.98 Å². The van der Waals surface area contributed by atoms with Crippen molar-refractivity contribution in [1.82, 2.24) is 19.9 Å². The normalized spacial score (nSPS) is 10.5. The van der Waals surface area contributed by atoms with Gasteiger partial charge in [0.2, 0.25) is 11.8 Å². The molecule has 0 aliphatic carbocycles. The van der Waals surface area contributed by atoms with E-state index in [1.54, 1.807) is 19.5 Å². The average Bonchev–Trinajstić information content (AvgIpc) is 2.67. The van der Waals surface area contributed by atoms with Crippen molar-refractivity contribution in [2.75, 3.05) is 32.1 Å². The van der Waals surface area contributed by atoms with E-state index < -0.39 is 0 Å². The van der Waals surface area contributed by atoms with Crippen LogP contribution in [-0.4, -0.2) is 52.5 Å². The fourth-order valence-electron chi connectivity index (χ4n) is 2.67. The zero-order chi connectivity index (χ0) is 18.9. The molecule has 0 radical (unpaired) electrons. The first-order valence-electron chi connectivity index (χ1n) is 8.95. The molecule has 7 heteroatoms. The van der Waals surface area contributed by atoms with Crippen LogP contribution in [0.15, 0.2) is 24.5 Å². The number of nitrogens with zero attached hydrogens (tertiary/aromatic N) is 4. The van der Waals surface area contributed by atoms with Crippen molar-refractivity contribution in [2.24, 2.45) is 0 Å².